The van der Waals surface area contributed by atoms with Crippen LogP contribution in [0.1, 0.15) is 17.2 Å². The van der Waals surface area contributed by atoms with Crippen molar-refractivity contribution in [2.24, 2.45) is 11.8 Å². The van der Waals surface area contributed by atoms with Gasteiger partial charge in [0.05, 0.1) is 22.4 Å². The van der Waals surface area contributed by atoms with Crippen molar-refractivity contribution in [3.8, 4) is 0 Å². The minimum absolute atomic E-state index is 0.0103. The summed E-state index contributed by atoms with van der Waals surface area (Å²) in [5.74, 6) is -1.53. The minimum atomic E-state index is -0.571. The fourth-order valence-electron chi connectivity index (χ4n) is 4.92. The van der Waals surface area contributed by atoms with Crippen LogP contribution in [0.5, 0.6) is 0 Å². The monoisotopic (exact) mass is 427 g/mol. The van der Waals surface area contributed by atoms with Gasteiger partial charge in [-0.1, -0.05) is 60.7 Å². The molecular weight excluding hydrogens is 406 g/mol. The molecule has 2 heterocycles. The van der Waals surface area contributed by atoms with E-state index in [9.17, 15) is 19.7 Å². The van der Waals surface area contributed by atoms with E-state index in [0.717, 1.165) is 11.1 Å². The molecule has 2 amide bonds. The molecule has 2 fully saturated rings. The Morgan fingerprint density at radius 1 is 0.812 bits per heavy atom. The number of amides is 2. The number of benzene rings is 3. The third kappa shape index (κ3) is 3.36. The molecule has 4 atom stereocenters. The first-order valence-electron chi connectivity index (χ1n) is 10.5. The van der Waals surface area contributed by atoms with Gasteiger partial charge >= 0.3 is 0 Å². The molecule has 5 rings (SSSR count). The van der Waals surface area contributed by atoms with Crippen molar-refractivity contribution in [1.29, 1.82) is 0 Å². The van der Waals surface area contributed by atoms with Crippen LogP contribution in [-0.4, -0.2) is 22.8 Å². The van der Waals surface area contributed by atoms with Gasteiger partial charge in [0.2, 0.25) is 11.8 Å². The van der Waals surface area contributed by atoms with E-state index in [-0.39, 0.29) is 23.5 Å². The lowest BCUT2D eigenvalue weighted by molar-refractivity contribution is -0.384. The number of rotatable bonds is 5. The maximum atomic E-state index is 13.5. The molecule has 0 unspecified atom stereocenters. The maximum absolute atomic E-state index is 13.5. The van der Waals surface area contributed by atoms with Gasteiger partial charge in [0.1, 0.15) is 0 Å². The van der Waals surface area contributed by atoms with Crippen molar-refractivity contribution < 1.29 is 14.5 Å². The fraction of sp³-hybridized carbons (Fsp3) is 0.200. The zero-order valence-corrected chi connectivity index (χ0v) is 17.1. The number of carbonyl (C=O) groups excluding carboxylic acids is 2. The number of non-ortho nitro benzene ring substituents is 1. The van der Waals surface area contributed by atoms with Gasteiger partial charge in [0, 0.05) is 24.2 Å². The summed E-state index contributed by atoms with van der Waals surface area (Å²) in [7, 11) is 0. The highest BCUT2D eigenvalue weighted by molar-refractivity contribution is 6.22. The van der Waals surface area contributed by atoms with E-state index >= 15 is 0 Å². The molecule has 0 aromatic heterocycles. The third-order valence-electron chi connectivity index (χ3n) is 6.36. The van der Waals surface area contributed by atoms with Gasteiger partial charge in [-0.05, 0) is 29.7 Å². The minimum Gasteiger partial charge on any atom is -0.305 e. The molecule has 0 radical (unpaired) electrons. The number of hydrogen-bond acceptors (Lipinski definition) is 5. The summed E-state index contributed by atoms with van der Waals surface area (Å²) >= 11 is 0. The molecule has 0 aliphatic carbocycles. The Morgan fingerprint density at radius 2 is 1.41 bits per heavy atom. The van der Waals surface area contributed by atoms with Crippen molar-refractivity contribution in [2.75, 3.05) is 4.90 Å². The van der Waals surface area contributed by atoms with Gasteiger partial charge in [-0.3, -0.25) is 19.7 Å². The Morgan fingerprint density at radius 3 is 2.03 bits per heavy atom. The van der Waals surface area contributed by atoms with Crippen LogP contribution in [0.2, 0.25) is 0 Å². The normalized spacial score (nSPS) is 24.6. The van der Waals surface area contributed by atoms with E-state index in [1.54, 1.807) is 36.4 Å². The van der Waals surface area contributed by atoms with E-state index in [2.05, 4.69) is 5.32 Å². The highest BCUT2D eigenvalue weighted by Gasteiger charge is 2.59. The average Bonchev–Trinajstić information content (AvgIpc) is 3.31. The van der Waals surface area contributed by atoms with E-state index in [1.807, 2.05) is 36.4 Å². The number of fused-ring (bicyclic) bond motifs is 1. The second-order valence-corrected chi connectivity index (χ2v) is 8.19. The number of nitrogens with zero attached hydrogens (tertiary/aromatic N) is 2. The summed E-state index contributed by atoms with van der Waals surface area (Å²) in [5, 5.41) is 14.6. The lowest BCUT2D eigenvalue weighted by atomic mass is 9.85. The number of nitro benzene ring substituents is 1. The van der Waals surface area contributed by atoms with E-state index < -0.39 is 22.8 Å². The Hall–Kier alpha value is -3.84. The van der Waals surface area contributed by atoms with Gasteiger partial charge < -0.3 is 5.32 Å². The SMILES string of the molecule is O=C1[C@H]2[C@H](C(=O)N1c1ccccc1)[C@@H](c1ccc([N+](=O)[O-])cc1)N[C@H]2Cc1ccccc1. The van der Waals surface area contributed by atoms with Crippen molar-refractivity contribution >= 4 is 23.2 Å². The van der Waals surface area contributed by atoms with Gasteiger partial charge in [-0.25, -0.2) is 4.90 Å². The van der Waals surface area contributed by atoms with Crippen LogP contribution in [0.25, 0.3) is 0 Å². The van der Waals surface area contributed by atoms with Gasteiger partial charge in [-0.2, -0.15) is 0 Å². The molecule has 3 aromatic rings. The number of anilines is 1. The number of para-hydroxylation sites is 1. The Bertz CT molecular complexity index is 1160. The zero-order valence-electron chi connectivity index (χ0n) is 17.1. The lowest BCUT2D eigenvalue weighted by Crippen LogP contribution is -2.40. The molecule has 0 bridgehead atoms. The fourth-order valence-corrected chi connectivity index (χ4v) is 4.92. The number of nitro groups is 1. The van der Waals surface area contributed by atoms with Crippen LogP contribution < -0.4 is 10.2 Å². The number of nitrogens with one attached hydrogen (secondary N) is 1. The van der Waals surface area contributed by atoms with Crippen LogP contribution in [0.3, 0.4) is 0 Å². The first-order valence-corrected chi connectivity index (χ1v) is 10.5. The van der Waals surface area contributed by atoms with Crippen molar-refractivity contribution in [3.05, 3.63) is 106 Å². The molecule has 7 nitrogen and oxygen atoms in total. The van der Waals surface area contributed by atoms with Crippen LogP contribution in [0.15, 0.2) is 84.9 Å². The van der Waals surface area contributed by atoms with Crippen LogP contribution in [0.4, 0.5) is 11.4 Å². The van der Waals surface area contributed by atoms with Crippen molar-refractivity contribution in [1.82, 2.24) is 5.32 Å². The Kier molecular flexibility index (Phi) is 5.03. The van der Waals surface area contributed by atoms with E-state index in [4.69, 9.17) is 0 Å². The maximum Gasteiger partial charge on any atom is 0.269 e. The van der Waals surface area contributed by atoms with Crippen LogP contribution in [-0.2, 0) is 16.0 Å². The molecule has 32 heavy (non-hydrogen) atoms. The Balaban J connectivity index is 1.53. The molecule has 2 saturated heterocycles. The molecular formula is C25H21N3O4. The quantitative estimate of drug-likeness (QED) is 0.381. The smallest absolute Gasteiger partial charge is 0.269 e. The van der Waals surface area contributed by atoms with Gasteiger partial charge in [-0.15, -0.1) is 0 Å². The number of carbonyl (C=O) groups is 2. The summed E-state index contributed by atoms with van der Waals surface area (Å²) in [6.45, 7) is 0. The summed E-state index contributed by atoms with van der Waals surface area (Å²) in [6.07, 6.45) is 0.604. The highest BCUT2D eigenvalue weighted by Crippen LogP contribution is 2.46. The topological polar surface area (TPSA) is 92.5 Å². The molecule has 1 N–H and O–H groups in total. The van der Waals surface area contributed by atoms with Crippen molar-refractivity contribution in [2.45, 2.75) is 18.5 Å². The highest BCUT2D eigenvalue weighted by atomic mass is 16.6. The molecule has 3 aromatic carbocycles. The largest absolute Gasteiger partial charge is 0.305 e. The Labute approximate surface area is 184 Å². The molecule has 160 valence electrons. The molecule has 2 aliphatic rings. The van der Waals surface area contributed by atoms with Gasteiger partial charge in [0.15, 0.2) is 0 Å². The summed E-state index contributed by atoms with van der Waals surface area (Å²) < 4.78 is 0. The first-order chi connectivity index (χ1) is 15.5. The molecule has 0 spiro atoms. The second-order valence-electron chi connectivity index (χ2n) is 8.19. The van der Waals surface area contributed by atoms with Crippen LogP contribution >= 0.6 is 0 Å². The molecule has 7 heteroatoms. The molecule has 2 aliphatic heterocycles. The molecule has 0 saturated carbocycles. The first kappa shape index (κ1) is 20.1. The predicted octanol–water partition coefficient (Wildman–Crippen LogP) is 3.66. The van der Waals surface area contributed by atoms with Crippen molar-refractivity contribution in [3.63, 3.8) is 0 Å². The lowest BCUT2D eigenvalue weighted by Gasteiger charge is -2.23. The summed E-state index contributed by atoms with van der Waals surface area (Å²) in [4.78, 5) is 38.9. The number of imide groups is 1. The predicted molar refractivity (Wildman–Crippen MR) is 119 cm³/mol. The summed E-state index contributed by atoms with van der Waals surface area (Å²) in [5.41, 5.74) is 2.39. The second kappa shape index (κ2) is 8.01. The van der Waals surface area contributed by atoms with E-state index in [0.29, 0.717) is 12.1 Å². The van der Waals surface area contributed by atoms with Crippen LogP contribution in [0, 0.1) is 22.0 Å². The van der Waals surface area contributed by atoms with E-state index in [1.165, 1.54) is 17.0 Å². The third-order valence-corrected chi connectivity index (χ3v) is 6.36. The standard InChI is InChI=1S/C25H21N3O4/c29-24-21-20(15-16-7-3-1-4-8-16)26-23(17-11-13-19(14-12-17)28(31)32)22(21)25(30)27(24)18-9-5-2-6-10-18/h1-14,20-23,26H,15H2/t20-,21+,22-,23+/m0/s1. The average molecular weight is 427 g/mol. The van der Waals surface area contributed by atoms with Gasteiger partial charge in [0.25, 0.3) is 5.69 Å². The number of hydrogen-bond donors (Lipinski definition) is 1. The summed E-state index contributed by atoms with van der Waals surface area (Å²) in [6, 6.07) is 24.4. The zero-order chi connectivity index (χ0) is 22.2.